The third-order valence-electron chi connectivity index (χ3n) is 2.65. The van der Waals surface area contributed by atoms with Crippen LogP contribution in [-0.4, -0.2) is 5.91 Å². The van der Waals surface area contributed by atoms with Crippen LogP contribution in [0.15, 0.2) is 60.7 Å². The van der Waals surface area contributed by atoms with Gasteiger partial charge in [0.05, 0.1) is 0 Å². The fraction of sp³-hybridized carbons (Fsp3) is 0.0625. The molecule has 0 aromatic heterocycles. The molecule has 0 bridgehead atoms. The predicted molar refractivity (Wildman–Crippen MR) is 80.1 cm³/mol. The van der Waals surface area contributed by atoms with Crippen LogP contribution in [0.25, 0.3) is 6.08 Å². The lowest BCUT2D eigenvalue weighted by atomic mass is 10.2. The maximum Gasteiger partial charge on any atom is 0.248 e. The van der Waals surface area contributed by atoms with Gasteiger partial charge in [-0.3, -0.25) is 4.79 Å². The van der Waals surface area contributed by atoms with E-state index < -0.39 is 0 Å². The fourth-order valence-corrected chi connectivity index (χ4v) is 1.90. The highest BCUT2D eigenvalue weighted by molar-refractivity contribution is 6.17. The first-order valence-electron chi connectivity index (χ1n) is 5.97. The quantitative estimate of drug-likeness (QED) is 0.659. The monoisotopic (exact) mass is 271 g/mol. The Kier molecular flexibility index (Phi) is 4.76. The summed E-state index contributed by atoms with van der Waals surface area (Å²) in [5, 5.41) is 2.82. The molecule has 0 atom stereocenters. The molecule has 0 radical (unpaired) electrons. The molecule has 1 amide bonds. The molecule has 0 aliphatic carbocycles. The van der Waals surface area contributed by atoms with E-state index in [9.17, 15) is 4.79 Å². The molecule has 0 aliphatic heterocycles. The Morgan fingerprint density at radius 3 is 2.47 bits per heavy atom. The summed E-state index contributed by atoms with van der Waals surface area (Å²) in [6.45, 7) is 0. The second-order valence-electron chi connectivity index (χ2n) is 4.02. The molecule has 2 aromatic rings. The zero-order valence-electron chi connectivity index (χ0n) is 10.3. The summed E-state index contributed by atoms with van der Waals surface area (Å²) in [7, 11) is 0. The number of anilines is 1. The lowest BCUT2D eigenvalue weighted by Gasteiger charge is -2.06. The predicted octanol–water partition coefficient (Wildman–Crippen LogP) is 4.08. The minimum Gasteiger partial charge on any atom is -0.322 e. The summed E-state index contributed by atoms with van der Waals surface area (Å²) in [5.74, 6) is 0.209. The summed E-state index contributed by atoms with van der Waals surface area (Å²) in [6.07, 6.45) is 3.29. The Bertz CT molecular complexity index is 578. The van der Waals surface area contributed by atoms with Gasteiger partial charge in [0.1, 0.15) is 0 Å². The first kappa shape index (κ1) is 13.4. The van der Waals surface area contributed by atoms with Gasteiger partial charge in [0.25, 0.3) is 0 Å². The van der Waals surface area contributed by atoms with Crippen LogP contribution in [0.3, 0.4) is 0 Å². The topological polar surface area (TPSA) is 29.1 Å². The van der Waals surface area contributed by atoms with E-state index in [1.54, 1.807) is 6.08 Å². The second kappa shape index (κ2) is 6.76. The molecule has 96 valence electrons. The highest BCUT2D eigenvalue weighted by Crippen LogP contribution is 2.17. The molecule has 19 heavy (non-hydrogen) atoms. The van der Waals surface area contributed by atoms with Crippen molar-refractivity contribution in [3.05, 3.63) is 71.8 Å². The number of hydrogen-bond acceptors (Lipinski definition) is 1. The van der Waals surface area contributed by atoms with Crippen molar-refractivity contribution in [2.45, 2.75) is 5.88 Å². The number of amides is 1. The van der Waals surface area contributed by atoms with Crippen LogP contribution in [0, 0.1) is 0 Å². The number of nitrogens with one attached hydrogen (secondary N) is 1. The zero-order valence-corrected chi connectivity index (χ0v) is 11.1. The minimum atomic E-state index is -0.165. The van der Waals surface area contributed by atoms with Crippen molar-refractivity contribution in [1.82, 2.24) is 0 Å². The van der Waals surface area contributed by atoms with Crippen molar-refractivity contribution in [2.24, 2.45) is 0 Å². The number of alkyl halides is 1. The van der Waals surface area contributed by atoms with E-state index in [2.05, 4.69) is 5.32 Å². The van der Waals surface area contributed by atoms with Crippen molar-refractivity contribution in [3.8, 4) is 0 Å². The average Bonchev–Trinajstić information content (AvgIpc) is 2.47. The fourth-order valence-electron chi connectivity index (χ4n) is 1.67. The molecule has 1 N–H and O–H groups in total. The summed E-state index contributed by atoms with van der Waals surface area (Å²) in [6, 6.07) is 17.2. The van der Waals surface area contributed by atoms with E-state index in [-0.39, 0.29) is 5.91 Å². The molecule has 0 heterocycles. The summed E-state index contributed by atoms with van der Waals surface area (Å²) in [5.41, 5.74) is 2.65. The Morgan fingerprint density at radius 1 is 1.05 bits per heavy atom. The van der Waals surface area contributed by atoms with Crippen LogP contribution >= 0.6 is 11.6 Å². The molecule has 0 saturated carbocycles. The van der Waals surface area contributed by atoms with E-state index in [1.807, 2.05) is 54.6 Å². The van der Waals surface area contributed by atoms with Crippen LogP contribution in [-0.2, 0) is 10.7 Å². The highest BCUT2D eigenvalue weighted by Gasteiger charge is 2.02. The maximum atomic E-state index is 11.8. The third-order valence-corrected chi connectivity index (χ3v) is 2.93. The number of hydrogen-bond donors (Lipinski definition) is 1. The summed E-state index contributed by atoms with van der Waals surface area (Å²) < 4.78 is 0. The molecule has 0 aliphatic rings. The van der Waals surface area contributed by atoms with Crippen LogP contribution < -0.4 is 5.32 Å². The van der Waals surface area contributed by atoms with Crippen molar-refractivity contribution in [1.29, 1.82) is 0 Å². The summed E-state index contributed by atoms with van der Waals surface area (Å²) in [4.78, 5) is 11.8. The SMILES string of the molecule is O=C(C=Cc1ccccc1)Nc1ccccc1CCl. The van der Waals surface area contributed by atoms with E-state index >= 15 is 0 Å². The molecule has 2 nitrogen and oxygen atoms in total. The van der Waals surface area contributed by atoms with Gasteiger partial charge in [-0.05, 0) is 23.3 Å². The van der Waals surface area contributed by atoms with Gasteiger partial charge in [0.2, 0.25) is 5.91 Å². The van der Waals surface area contributed by atoms with Gasteiger partial charge in [0, 0.05) is 17.6 Å². The Balaban J connectivity index is 2.04. The maximum absolute atomic E-state index is 11.8. The highest BCUT2D eigenvalue weighted by atomic mass is 35.5. The number of carbonyl (C=O) groups excluding carboxylic acids is 1. The number of rotatable bonds is 4. The largest absolute Gasteiger partial charge is 0.322 e. The Morgan fingerprint density at radius 2 is 1.74 bits per heavy atom. The van der Waals surface area contributed by atoms with Gasteiger partial charge in [-0.1, -0.05) is 48.5 Å². The number of halogens is 1. The number of carbonyl (C=O) groups is 1. The second-order valence-corrected chi connectivity index (χ2v) is 4.29. The molecule has 0 fully saturated rings. The van der Waals surface area contributed by atoms with Crippen LogP contribution in [0.5, 0.6) is 0 Å². The van der Waals surface area contributed by atoms with Crippen LogP contribution in [0.1, 0.15) is 11.1 Å². The molecule has 0 unspecified atom stereocenters. The van der Waals surface area contributed by atoms with Crippen LogP contribution in [0.4, 0.5) is 5.69 Å². The smallest absolute Gasteiger partial charge is 0.248 e. The third kappa shape index (κ3) is 3.97. The number of para-hydroxylation sites is 1. The van der Waals surface area contributed by atoms with Gasteiger partial charge < -0.3 is 5.32 Å². The zero-order chi connectivity index (χ0) is 13.5. The molecular weight excluding hydrogens is 258 g/mol. The van der Waals surface area contributed by atoms with Crippen molar-refractivity contribution in [3.63, 3.8) is 0 Å². The van der Waals surface area contributed by atoms with E-state index in [0.29, 0.717) is 5.88 Å². The molecule has 2 aromatic carbocycles. The van der Waals surface area contributed by atoms with Gasteiger partial charge in [-0.2, -0.15) is 0 Å². The van der Waals surface area contributed by atoms with Crippen molar-refractivity contribution >= 4 is 29.3 Å². The lowest BCUT2D eigenvalue weighted by Crippen LogP contribution is -2.09. The normalized spacial score (nSPS) is 10.6. The summed E-state index contributed by atoms with van der Waals surface area (Å²) >= 11 is 5.82. The van der Waals surface area contributed by atoms with E-state index in [4.69, 9.17) is 11.6 Å². The van der Waals surface area contributed by atoms with E-state index in [0.717, 1.165) is 16.8 Å². The van der Waals surface area contributed by atoms with Gasteiger partial charge >= 0.3 is 0 Å². The lowest BCUT2D eigenvalue weighted by molar-refractivity contribution is -0.111. The van der Waals surface area contributed by atoms with E-state index in [1.165, 1.54) is 6.08 Å². The average molecular weight is 272 g/mol. The van der Waals surface area contributed by atoms with Gasteiger partial charge in [0.15, 0.2) is 0 Å². The first-order valence-corrected chi connectivity index (χ1v) is 6.51. The van der Waals surface area contributed by atoms with Crippen LogP contribution in [0.2, 0.25) is 0 Å². The molecule has 2 rings (SSSR count). The van der Waals surface area contributed by atoms with Crippen molar-refractivity contribution in [2.75, 3.05) is 5.32 Å². The molecule has 0 spiro atoms. The molecule has 3 heteroatoms. The first-order chi connectivity index (χ1) is 9.29. The molecule has 0 saturated heterocycles. The Hall–Kier alpha value is -2.06. The van der Waals surface area contributed by atoms with Gasteiger partial charge in [-0.15, -0.1) is 11.6 Å². The number of benzene rings is 2. The van der Waals surface area contributed by atoms with Gasteiger partial charge in [-0.25, -0.2) is 0 Å². The van der Waals surface area contributed by atoms with Crippen molar-refractivity contribution < 1.29 is 4.79 Å². The standard InChI is InChI=1S/C16H14ClNO/c17-12-14-8-4-5-9-15(14)18-16(19)11-10-13-6-2-1-3-7-13/h1-11H,12H2,(H,18,19). The Labute approximate surface area is 117 Å². The molecular formula is C16H14ClNO. The minimum absolute atomic E-state index is 0.165.